The van der Waals surface area contributed by atoms with Crippen LogP contribution in [-0.4, -0.2) is 18.6 Å². The Kier molecular flexibility index (Phi) is 3.91. The van der Waals surface area contributed by atoms with Gasteiger partial charge in [-0.05, 0) is 34.1 Å². The number of sulfonamides is 1. The van der Waals surface area contributed by atoms with Gasteiger partial charge < -0.3 is 0 Å². The van der Waals surface area contributed by atoms with Gasteiger partial charge in [0.15, 0.2) is 0 Å². The molecule has 1 aromatic carbocycles. The minimum absolute atomic E-state index is 0.0635. The molecule has 0 amide bonds. The van der Waals surface area contributed by atoms with Crippen LogP contribution in [0.5, 0.6) is 0 Å². The number of thiophene rings is 1. The molecular weight excluding hydrogens is 421 g/mol. The van der Waals surface area contributed by atoms with Crippen LogP contribution in [0.15, 0.2) is 33.8 Å². The fraction of sp³-hybridized carbons (Fsp3) is 0. The molecule has 0 atom stereocenters. The Hall–Kier alpha value is -0.800. The molecule has 110 valence electrons. The summed E-state index contributed by atoms with van der Waals surface area (Å²) in [6.07, 6.45) is 1.61. The lowest BCUT2D eigenvalue weighted by Gasteiger charge is -2.08. The van der Waals surface area contributed by atoms with Crippen LogP contribution in [-0.2, 0) is 10.0 Å². The van der Waals surface area contributed by atoms with Gasteiger partial charge >= 0.3 is 0 Å². The molecule has 0 aliphatic heterocycles. The van der Waals surface area contributed by atoms with Crippen LogP contribution in [0.25, 0.3) is 10.9 Å². The molecule has 5 nitrogen and oxygen atoms in total. The lowest BCUT2D eigenvalue weighted by atomic mass is 10.2. The maximum absolute atomic E-state index is 12.4. The Bertz CT molecular complexity index is 936. The average molecular weight is 427 g/mol. The van der Waals surface area contributed by atoms with E-state index in [9.17, 15) is 8.42 Å². The van der Waals surface area contributed by atoms with Crippen molar-refractivity contribution in [1.82, 2.24) is 10.2 Å². The number of hydrogen-bond donors (Lipinski definition) is 2. The largest absolute Gasteiger partial charge is 0.280 e. The number of H-pyrrole nitrogens is 1. The molecule has 0 radical (unpaired) electrons. The van der Waals surface area contributed by atoms with Gasteiger partial charge in [0.2, 0.25) is 0 Å². The van der Waals surface area contributed by atoms with E-state index in [1.54, 1.807) is 24.4 Å². The fourth-order valence-electron chi connectivity index (χ4n) is 1.78. The number of halogens is 3. The number of nitrogens with one attached hydrogen (secondary N) is 2. The molecule has 0 spiro atoms. The van der Waals surface area contributed by atoms with Gasteiger partial charge in [-0.2, -0.15) is 5.10 Å². The lowest BCUT2D eigenvalue weighted by molar-refractivity contribution is 0.601. The van der Waals surface area contributed by atoms with Gasteiger partial charge in [0.05, 0.1) is 16.2 Å². The molecule has 0 bridgehead atoms. The van der Waals surface area contributed by atoms with Gasteiger partial charge in [0.25, 0.3) is 10.0 Å². The van der Waals surface area contributed by atoms with Crippen LogP contribution in [0, 0.1) is 0 Å². The molecule has 10 heteroatoms. The van der Waals surface area contributed by atoms with Crippen LogP contribution in [0.3, 0.4) is 0 Å². The topological polar surface area (TPSA) is 74.8 Å². The summed E-state index contributed by atoms with van der Waals surface area (Å²) < 4.78 is 28.0. The molecular formula is C11H6BrCl2N3O2S2. The minimum Gasteiger partial charge on any atom is -0.280 e. The number of rotatable bonds is 3. The van der Waals surface area contributed by atoms with E-state index in [1.165, 1.54) is 0 Å². The maximum atomic E-state index is 12.4. The van der Waals surface area contributed by atoms with Gasteiger partial charge in [0, 0.05) is 11.1 Å². The molecule has 0 fully saturated rings. The third kappa shape index (κ3) is 2.78. The number of hydrogen-bond acceptors (Lipinski definition) is 4. The highest BCUT2D eigenvalue weighted by molar-refractivity contribution is 9.10. The predicted molar refractivity (Wildman–Crippen MR) is 88.9 cm³/mol. The summed E-state index contributed by atoms with van der Waals surface area (Å²) in [5.41, 5.74) is 1.23. The second-order valence-corrected chi connectivity index (χ2v) is 8.71. The first-order valence-electron chi connectivity index (χ1n) is 5.48. The van der Waals surface area contributed by atoms with Crippen molar-refractivity contribution >= 4 is 77.1 Å². The SMILES string of the molecule is O=S(=O)(Nc1ccc2[nH]ncc2c1)c1c(Cl)sc(Cl)c1Br. The molecule has 0 unspecified atom stereocenters. The fourth-order valence-corrected chi connectivity index (χ4v) is 6.39. The van der Waals surface area contributed by atoms with Crippen molar-refractivity contribution in [3.05, 3.63) is 37.5 Å². The normalized spacial score (nSPS) is 12.0. The lowest BCUT2D eigenvalue weighted by Crippen LogP contribution is -2.13. The zero-order valence-electron chi connectivity index (χ0n) is 10.0. The molecule has 2 N–H and O–H groups in total. The first kappa shape index (κ1) is 15.1. The van der Waals surface area contributed by atoms with Crippen molar-refractivity contribution < 1.29 is 8.42 Å². The van der Waals surface area contributed by atoms with Crippen LogP contribution < -0.4 is 4.72 Å². The minimum atomic E-state index is -3.84. The smallest absolute Gasteiger partial charge is 0.265 e. The zero-order valence-corrected chi connectivity index (χ0v) is 14.8. The van der Waals surface area contributed by atoms with Crippen molar-refractivity contribution in [3.8, 4) is 0 Å². The van der Waals surface area contributed by atoms with Gasteiger partial charge in [-0.3, -0.25) is 9.82 Å². The van der Waals surface area contributed by atoms with E-state index in [0.717, 1.165) is 22.2 Å². The molecule has 3 rings (SSSR count). The quantitative estimate of drug-likeness (QED) is 0.647. The first-order chi connectivity index (χ1) is 9.88. The average Bonchev–Trinajstić information content (AvgIpc) is 2.94. The second kappa shape index (κ2) is 5.44. The molecule has 3 aromatic rings. The van der Waals surface area contributed by atoms with E-state index < -0.39 is 10.0 Å². The molecule has 21 heavy (non-hydrogen) atoms. The molecule has 2 heterocycles. The molecule has 2 aromatic heterocycles. The number of fused-ring (bicyclic) bond motifs is 1. The van der Waals surface area contributed by atoms with E-state index >= 15 is 0 Å². The van der Waals surface area contributed by atoms with Crippen LogP contribution in [0.1, 0.15) is 0 Å². The highest BCUT2D eigenvalue weighted by atomic mass is 79.9. The van der Waals surface area contributed by atoms with E-state index in [0.29, 0.717) is 5.69 Å². The van der Waals surface area contributed by atoms with Crippen molar-refractivity contribution in [2.75, 3.05) is 4.72 Å². The Morgan fingerprint density at radius 1 is 1.29 bits per heavy atom. The van der Waals surface area contributed by atoms with Crippen LogP contribution >= 0.6 is 50.5 Å². The summed E-state index contributed by atoms with van der Waals surface area (Å²) in [5.74, 6) is 0. The number of anilines is 1. The van der Waals surface area contributed by atoms with Gasteiger partial charge in [-0.25, -0.2) is 8.42 Å². The van der Waals surface area contributed by atoms with E-state index in [1.807, 2.05) is 0 Å². The second-order valence-electron chi connectivity index (χ2n) is 4.07. The summed E-state index contributed by atoms with van der Waals surface area (Å²) in [6.45, 7) is 0. The summed E-state index contributed by atoms with van der Waals surface area (Å²) in [7, 11) is -3.84. The number of nitrogens with zero attached hydrogens (tertiary/aromatic N) is 1. The Labute approximate surface area is 142 Å². The number of aromatic nitrogens is 2. The Morgan fingerprint density at radius 2 is 2.05 bits per heavy atom. The molecule has 0 aliphatic carbocycles. The highest BCUT2D eigenvalue weighted by Gasteiger charge is 2.26. The van der Waals surface area contributed by atoms with E-state index in [-0.39, 0.29) is 18.0 Å². The van der Waals surface area contributed by atoms with Crippen molar-refractivity contribution in [3.63, 3.8) is 0 Å². The van der Waals surface area contributed by atoms with Crippen molar-refractivity contribution in [1.29, 1.82) is 0 Å². The van der Waals surface area contributed by atoms with Gasteiger partial charge in [-0.15, -0.1) is 11.3 Å². The summed E-state index contributed by atoms with van der Waals surface area (Å²) >= 11 is 16.0. The van der Waals surface area contributed by atoms with Gasteiger partial charge in [0.1, 0.15) is 13.6 Å². The summed E-state index contributed by atoms with van der Waals surface area (Å²) in [5, 5.41) is 7.47. The van der Waals surface area contributed by atoms with E-state index in [2.05, 4.69) is 30.8 Å². The molecule has 0 saturated heterocycles. The molecule has 0 saturated carbocycles. The first-order valence-corrected chi connectivity index (χ1v) is 9.32. The van der Waals surface area contributed by atoms with Gasteiger partial charge in [-0.1, -0.05) is 23.2 Å². The zero-order chi connectivity index (χ0) is 15.2. The number of benzene rings is 1. The standard InChI is InChI=1S/C11H6BrCl2N3O2S2/c12-8-9(11(14)20-10(8)13)21(18,19)17-6-1-2-7-5(3-6)4-15-16-7/h1-4,17H,(H,15,16). The monoisotopic (exact) mass is 425 g/mol. The predicted octanol–water partition coefficient (Wildman–Crippen LogP) is 4.49. The third-order valence-electron chi connectivity index (χ3n) is 2.69. The highest BCUT2D eigenvalue weighted by Crippen LogP contribution is 2.43. The summed E-state index contributed by atoms with van der Waals surface area (Å²) in [4.78, 5) is -0.0635. The van der Waals surface area contributed by atoms with E-state index in [4.69, 9.17) is 23.2 Å². The maximum Gasteiger partial charge on any atom is 0.265 e. The molecule has 0 aliphatic rings. The Balaban J connectivity index is 2.02. The van der Waals surface area contributed by atoms with Crippen LogP contribution in [0.4, 0.5) is 5.69 Å². The van der Waals surface area contributed by atoms with Crippen molar-refractivity contribution in [2.45, 2.75) is 4.90 Å². The van der Waals surface area contributed by atoms with Crippen LogP contribution in [0.2, 0.25) is 8.67 Å². The Morgan fingerprint density at radius 3 is 2.71 bits per heavy atom. The summed E-state index contributed by atoms with van der Waals surface area (Å²) in [6, 6.07) is 5.04. The third-order valence-corrected chi connectivity index (χ3v) is 7.54. The van der Waals surface area contributed by atoms with Crippen molar-refractivity contribution in [2.24, 2.45) is 0 Å². The number of aromatic amines is 1.